The summed E-state index contributed by atoms with van der Waals surface area (Å²) in [5, 5.41) is 4.63. The van der Waals surface area contributed by atoms with Gasteiger partial charge < -0.3 is 5.32 Å². The summed E-state index contributed by atoms with van der Waals surface area (Å²) in [6.07, 6.45) is 1.24. The van der Waals surface area contributed by atoms with Gasteiger partial charge in [-0.3, -0.25) is 4.79 Å². The van der Waals surface area contributed by atoms with Crippen molar-refractivity contribution in [3.63, 3.8) is 0 Å². The maximum Gasteiger partial charge on any atom is 0.224 e. The first-order valence-corrected chi connectivity index (χ1v) is 7.93. The Labute approximate surface area is 129 Å². The van der Waals surface area contributed by atoms with Gasteiger partial charge in [0.2, 0.25) is 5.91 Å². The molecule has 0 radical (unpaired) electrons. The van der Waals surface area contributed by atoms with Crippen LogP contribution in [-0.4, -0.2) is 17.3 Å². The van der Waals surface area contributed by atoms with Crippen LogP contribution < -0.4 is 5.32 Å². The Hall–Kier alpha value is -0.540. The van der Waals surface area contributed by atoms with Crippen molar-refractivity contribution < 1.29 is 4.79 Å². The van der Waals surface area contributed by atoms with Gasteiger partial charge in [-0.05, 0) is 23.5 Å². The summed E-state index contributed by atoms with van der Waals surface area (Å²) < 4.78 is 0. The molecule has 0 fully saturated rings. The number of amides is 1. The third-order valence-electron chi connectivity index (χ3n) is 3.09. The molecule has 19 heavy (non-hydrogen) atoms. The summed E-state index contributed by atoms with van der Waals surface area (Å²) in [7, 11) is 0. The van der Waals surface area contributed by atoms with Crippen LogP contribution in [-0.2, 0) is 11.2 Å². The molecule has 4 heteroatoms. The Kier molecular flexibility index (Phi) is 6.34. The van der Waals surface area contributed by atoms with Gasteiger partial charge in [0.25, 0.3) is 0 Å². The number of benzene rings is 1. The zero-order valence-corrected chi connectivity index (χ0v) is 14.0. The van der Waals surface area contributed by atoms with Gasteiger partial charge in [0, 0.05) is 16.4 Å². The van der Waals surface area contributed by atoms with Crippen molar-refractivity contribution in [2.24, 2.45) is 5.41 Å². The van der Waals surface area contributed by atoms with Gasteiger partial charge in [0.05, 0.1) is 6.42 Å². The number of nitrogens with one attached hydrogen (secondary N) is 1. The van der Waals surface area contributed by atoms with Crippen LogP contribution in [0.3, 0.4) is 0 Å². The van der Waals surface area contributed by atoms with Crippen molar-refractivity contribution in [3.8, 4) is 0 Å². The molecule has 1 rings (SSSR count). The summed E-state index contributed by atoms with van der Waals surface area (Å²) in [6, 6.07) is 7.62. The molecule has 0 aromatic heterocycles. The van der Waals surface area contributed by atoms with Crippen molar-refractivity contribution in [2.75, 3.05) is 5.33 Å². The van der Waals surface area contributed by atoms with Crippen molar-refractivity contribution in [3.05, 3.63) is 34.9 Å². The van der Waals surface area contributed by atoms with Crippen LogP contribution in [0.4, 0.5) is 0 Å². The molecule has 0 aliphatic rings. The average molecular weight is 347 g/mol. The molecule has 1 amide bonds. The normalized spacial score (nSPS) is 13.1. The fraction of sp³-hybridized carbons (Fsp3) is 0.533. The SMILES string of the molecule is CC(C)(C)C(CCBr)NC(=O)Cc1ccccc1Cl. The van der Waals surface area contributed by atoms with Gasteiger partial charge in [-0.15, -0.1) is 0 Å². The number of hydrogen-bond donors (Lipinski definition) is 1. The smallest absolute Gasteiger partial charge is 0.224 e. The van der Waals surface area contributed by atoms with E-state index < -0.39 is 0 Å². The molecule has 1 aromatic carbocycles. The number of hydrogen-bond acceptors (Lipinski definition) is 1. The van der Waals surface area contributed by atoms with E-state index in [4.69, 9.17) is 11.6 Å². The third kappa shape index (κ3) is 5.53. The Morgan fingerprint density at radius 2 is 2.00 bits per heavy atom. The monoisotopic (exact) mass is 345 g/mol. The average Bonchev–Trinajstić information content (AvgIpc) is 2.30. The topological polar surface area (TPSA) is 29.1 Å². The second kappa shape index (κ2) is 7.30. The van der Waals surface area contributed by atoms with E-state index in [0.29, 0.717) is 11.4 Å². The lowest BCUT2D eigenvalue weighted by atomic mass is 9.85. The first-order valence-electron chi connectivity index (χ1n) is 6.43. The predicted molar refractivity (Wildman–Crippen MR) is 85.0 cm³/mol. The molecule has 0 bridgehead atoms. The predicted octanol–water partition coefficient (Wildman–Crippen LogP) is 4.20. The van der Waals surface area contributed by atoms with E-state index in [1.807, 2.05) is 24.3 Å². The molecule has 2 nitrogen and oxygen atoms in total. The fourth-order valence-corrected chi connectivity index (χ4v) is 2.55. The highest BCUT2D eigenvalue weighted by atomic mass is 79.9. The molecule has 0 saturated heterocycles. The molecule has 1 aromatic rings. The van der Waals surface area contributed by atoms with Gasteiger partial charge in [-0.2, -0.15) is 0 Å². The summed E-state index contributed by atoms with van der Waals surface area (Å²) >= 11 is 9.51. The van der Waals surface area contributed by atoms with E-state index >= 15 is 0 Å². The van der Waals surface area contributed by atoms with Crippen molar-refractivity contribution >= 4 is 33.4 Å². The lowest BCUT2D eigenvalue weighted by Gasteiger charge is -2.31. The second-order valence-electron chi connectivity index (χ2n) is 5.73. The molecule has 0 saturated carbocycles. The molecule has 0 aliphatic carbocycles. The first-order chi connectivity index (χ1) is 8.84. The number of alkyl halides is 1. The Morgan fingerprint density at radius 3 is 2.53 bits per heavy atom. The van der Waals surface area contributed by atoms with Crippen LogP contribution >= 0.6 is 27.5 Å². The van der Waals surface area contributed by atoms with Crippen molar-refractivity contribution in [1.29, 1.82) is 0 Å². The molecule has 106 valence electrons. The summed E-state index contributed by atoms with van der Waals surface area (Å²) in [6.45, 7) is 6.41. The maximum absolute atomic E-state index is 12.1. The van der Waals surface area contributed by atoms with E-state index in [1.54, 1.807) is 0 Å². The van der Waals surface area contributed by atoms with E-state index in [0.717, 1.165) is 17.3 Å². The largest absolute Gasteiger partial charge is 0.353 e. The first kappa shape index (κ1) is 16.5. The fourth-order valence-electron chi connectivity index (χ4n) is 1.89. The highest BCUT2D eigenvalue weighted by molar-refractivity contribution is 9.09. The van der Waals surface area contributed by atoms with Crippen LogP contribution in [0.25, 0.3) is 0 Å². The molecular weight excluding hydrogens is 326 g/mol. The van der Waals surface area contributed by atoms with E-state index in [-0.39, 0.29) is 17.4 Å². The highest BCUT2D eigenvalue weighted by Crippen LogP contribution is 2.23. The van der Waals surface area contributed by atoms with Crippen molar-refractivity contribution in [1.82, 2.24) is 5.32 Å². The van der Waals surface area contributed by atoms with E-state index in [2.05, 4.69) is 42.0 Å². The van der Waals surface area contributed by atoms with Gasteiger partial charge in [0.1, 0.15) is 0 Å². The molecule has 0 heterocycles. The van der Waals surface area contributed by atoms with E-state index in [9.17, 15) is 4.79 Å². The number of carbonyl (C=O) groups is 1. The Balaban J connectivity index is 2.66. The number of halogens is 2. The van der Waals surface area contributed by atoms with Gasteiger partial charge in [-0.25, -0.2) is 0 Å². The van der Waals surface area contributed by atoms with Gasteiger partial charge >= 0.3 is 0 Å². The zero-order valence-electron chi connectivity index (χ0n) is 11.7. The molecule has 1 atom stereocenters. The highest BCUT2D eigenvalue weighted by Gasteiger charge is 2.25. The minimum Gasteiger partial charge on any atom is -0.353 e. The lowest BCUT2D eigenvalue weighted by molar-refractivity contribution is -0.121. The van der Waals surface area contributed by atoms with Crippen LogP contribution in [0, 0.1) is 5.41 Å². The van der Waals surface area contributed by atoms with E-state index in [1.165, 1.54) is 0 Å². The molecule has 0 spiro atoms. The standard InChI is InChI=1S/C15H21BrClNO/c1-15(2,3)13(8-9-16)18-14(19)10-11-6-4-5-7-12(11)17/h4-7,13H,8-10H2,1-3H3,(H,18,19). The lowest BCUT2D eigenvalue weighted by Crippen LogP contribution is -2.44. The summed E-state index contributed by atoms with van der Waals surface area (Å²) in [4.78, 5) is 12.1. The quantitative estimate of drug-likeness (QED) is 0.795. The number of rotatable bonds is 5. The summed E-state index contributed by atoms with van der Waals surface area (Å²) in [5.74, 6) is 0.0222. The Bertz CT molecular complexity index is 428. The van der Waals surface area contributed by atoms with Crippen LogP contribution in [0.5, 0.6) is 0 Å². The maximum atomic E-state index is 12.1. The second-order valence-corrected chi connectivity index (χ2v) is 6.93. The van der Waals surface area contributed by atoms with Crippen LogP contribution in [0.15, 0.2) is 24.3 Å². The van der Waals surface area contributed by atoms with Crippen LogP contribution in [0.1, 0.15) is 32.8 Å². The van der Waals surface area contributed by atoms with Crippen LogP contribution in [0.2, 0.25) is 5.02 Å². The van der Waals surface area contributed by atoms with Crippen molar-refractivity contribution in [2.45, 2.75) is 39.7 Å². The molecule has 1 N–H and O–H groups in total. The number of carbonyl (C=O) groups excluding carboxylic acids is 1. The molecule has 0 aliphatic heterocycles. The summed E-state index contributed by atoms with van der Waals surface area (Å²) in [5.41, 5.74) is 0.914. The zero-order chi connectivity index (χ0) is 14.5. The minimum absolute atomic E-state index is 0.0222. The minimum atomic E-state index is 0.0222. The Morgan fingerprint density at radius 1 is 1.37 bits per heavy atom. The van der Waals surface area contributed by atoms with Gasteiger partial charge in [0.15, 0.2) is 0 Å². The van der Waals surface area contributed by atoms with Gasteiger partial charge in [-0.1, -0.05) is 66.5 Å². The third-order valence-corrected chi connectivity index (χ3v) is 3.91. The molecule has 1 unspecified atom stereocenters. The molecular formula is C15H21BrClNO.